The van der Waals surface area contributed by atoms with Crippen LogP contribution in [-0.4, -0.2) is 21.9 Å². The number of halogens is 1. The molecule has 15 heavy (non-hydrogen) atoms. The minimum atomic E-state index is 0.171. The molecule has 0 saturated heterocycles. The largest absolute Gasteiger partial charge is 0.396 e. The predicted octanol–water partition coefficient (Wildman–Crippen LogP) is 2.72. The second-order valence-electron chi connectivity index (χ2n) is 3.21. The lowest BCUT2D eigenvalue weighted by Gasteiger charge is -1.91. The summed E-state index contributed by atoms with van der Waals surface area (Å²) in [5.74, 6) is 0. The van der Waals surface area contributed by atoms with E-state index in [9.17, 15) is 0 Å². The van der Waals surface area contributed by atoms with E-state index < -0.39 is 0 Å². The van der Waals surface area contributed by atoms with Crippen molar-refractivity contribution in [2.45, 2.75) is 6.42 Å². The summed E-state index contributed by atoms with van der Waals surface area (Å²) in [5, 5.41) is 16.9. The van der Waals surface area contributed by atoms with Gasteiger partial charge >= 0.3 is 0 Å². The average molecular weight is 267 g/mol. The number of fused-ring (bicyclic) bond motifs is 1. The van der Waals surface area contributed by atoms with Crippen LogP contribution in [-0.2, 0) is 0 Å². The highest BCUT2D eigenvalue weighted by Crippen LogP contribution is 2.21. The highest BCUT2D eigenvalue weighted by atomic mass is 79.9. The van der Waals surface area contributed by atoms with Crippen LogP contribution < -0.4 is 0 Å². The first-order chi connectivity index (χ1) is 7.31. The molecule has 0 radical (unpaired) electrons. The number of nitrogens with zero attached hydrogens (tertiary/aromatic N) is 1. The lowest BCUT2D eigenvalue weighted by Crippen LogP contribution is -1.77. The minimum absolute atomic E-state index is 0.171. The van der Waals surface area contributed by atoms with Crippen molar-refractivity contribution >= 4 is 32.9 Å². The van der Waals surface area contributed by atoms with Crippen molar-refractivity contribution < 1.29 is 5.11 Å². The van der Waals surface area contributed by atoms with Gasteiger partial charge in [0.15, 0.2) is 0 Å². The van der Waals surface area contributed by atoms with Gasteiger partial charge in [0.1, 0.15) is 0 Å². The average Bonchev–Trinajstić information content (AvgIpc) is 2.61. The van der Waals surface area contributed by atoms with Crippen LogP contribution >= 0.6 is 15.9 Å². The quantitative estimate of drug-likeness (QED) is 0.898. The number of aromatic nitrogens is 2. The molecule has 4 heteroatoms. The Morgan fingerprint density at radius 2 is 2.33 bits per heavy atom. The Morgan fingerprint density at radius 1 is 1.47 bits per heavy atom. The fourth-order valence-electron chi connectivity index (χ4n) is 1.41. The molecule has 0 amide bonds. The molecular weight excluding hydrogens is 256 g/mol. The van der Waals surface area contributed by atoms with Crippen LogP contribution in [0.4, 0.5) is 0 Å². The molecule has 2 N–H and O–H groups in total. The van der Waals surface area contributed by atoms with Crippen LogP contribution in [0.5, 0.6) is 0 Å². The van der Waals surface area contributed by atoms with E-state index in [1.807, 2.05) is 30.4 Å². The normalized spacial score (nSPS) is 11.6. The van der Waals surface area contributed by atoms with E-state index in [0.29, 0.717) is 6.42 Å². The first kappa shape index (κ1) is 10.4. The summed E-state index contributed by atoms with van der Waals surface area (Å²) in [5.41, 5.74) is 1.92. The SMILES string of the molecule is OCCC=Cc1n[nH]c2cc(Br)ccc12. The lowest BCUT2D eigenvalue weighted by molar-refractivity contribution is 0.303. The first-order valence-electron chi connectivity index (χ1n) is 4.72. The molecule has 0 atom stereocenters. The fraction of sp³-hybridized carbons (Fsp3) is 0.182. The molecule has 78 valence electrons. The Bertz CT molecular complexity index is 490. The third-order valence-corrected chi connectivity index (χ3v) is 2.62. The number of rotatable bonds is 3. The summed E-state index contributed by atoms with van der Waals surface area (Å²) in [6.07, 6.45) is 4.49. The smallest absolute Gasteiger partial charge is 0.0924 e. The maximum Gasteiger partial charge on any atom is 0.0924 e. The summed E-state index contributed by atoms with van der Waals surface area (Å²) in [7, 11) is 0. The van der Waals surface area contributed by atoms with E-state index in [2.05, 4.69) is 26.1 Å². The molecule has 1 heterocycles. The van der Waals surface area contributed by atoms with Crippen molar-refractivity contribution in [3.05, 3.63) is 34.4 Å². The molecule has 1 aromatic heterocycles. The Kier molecular flexibility index (Phi) is 3.18. The Labute approximate surface area is 95.9 Å². The monoisotopic (exact) mass is 266 g/mol. The second kappa shape index (κ2) is 4.59. The number of aliphatic hydroxyl groups is 1. The predicted molar refractivity (Wildman–Crippen MR) is 64.5 cm³/mol. The topological polar surface area (TPSA) is 48.9 Å². The van der Waals surface area contributed by atoms with Crippen molar-refractivity contribution in [1.29, 1.82) is 0 Å². The zero-order chi connectivity index (χ0) is 10.7. The van der Waals surface area contributed by atoms with Crippen molar-refractivity contribution in [1.82, 2.24) is 10.2 Å². The van der Waals surface area contributed by atoms with Crippen LogP contribution in [0.1, 0.15) is 12.1 Å². The highest BCUT2D eigenvalue weighted by molar-refractivity contribution is 9.10. The molecule has 2 aromatic rings. The van der Waals surface area contributed by atoms with Gasteiger partial charge in [0.05, 0.1) is 11.2 Å². The maximum atomic E-state index is 8.66. The fourth-order valence-corrected chi connectivity index (χ4v) is 1.77. The van der Waals surface area contributed by atoms with Gasteiger partial charge in [-0.1, -0.05) is 22.0 Å². The van der Waals surface area contributed by atoms with Crippen LogP contribution in [0.25, 0.3) is 17.0 Å². The summed E-state index contributed by atoms with van der Waals surface area (Å²) >= 11 is 3.41. The third-order valence-electron chi connectivity index (χ3n) is 2.13. The van der Waals surface area contributed by atoms with E-state index in [-0.39, 0.29) is 6.61 Å². The van der Waals surface area contributed by atoms with Crippen LogP contribution in [0, 0.1) is 0 Å². The standard InChI is InChI=1S/C11H11BrN2O/c12-8-4-5-9-10(3-1-2-6-15)13-14-11(9)7-8/h1,3-5,7,15H,2,6H2,(H,13,14). The van der Waals surface area contributed by atoms with Gasteiger partial charge in [-0.2, -0.15) is 5.10 Å². The molecule has 0 aliphatic carbocycles. The van der Waals surface area contributed by atoms with Gasteiger partial charge < -0.3 is 5.11 Å². The van der Waals surface area contributed by atoms with E-state index >= 15 is 0 Å². The highest BCUT2D eigenvalue weighted by Gasteiger charge is 2.01. The van der Waals surface area contributed by atoms with E-state index in [1.165, 1.54) is 0 Å². The van der Waals surface area contributed by atoms with Gasteiger partial charge in [-0.05, 0) is 30.7 Å². The number of nitrogens with one attached hydrogen (secondary N) is 1. The van der Waals surface area contributed by atoms with Crippen molar-refractivity contribution in [3.63, 3.8) is 0 Å². The van der Waals surface area contributed by atoms with Crippen molar-refractivity contribution in [2.75, 3.05) is 6.61 Å². The van der Waals surface area contributed by atoms with Crippen molar-refractivity contribution in [3.8, 4) is 0 Å². The summed E-state index contributed by atoms with van der Waals surface area (Å²) in [6.45, 7) is 0.171. The molecule has 0 fully saturated rings. The number of benzene rings is 1. The zero-order valence-electron chi connectivity index (χ0n) is 8.07. The molecule has 0 aliphatic heterocycles. The van der Waals surface area contributed by atoms with Gasteiger partial charge in [-0.3, -0.25) is 5.10 Å². The molecule has 1 aromatic carbocycles. The van der Waals surface area contributed by atoms with Crippen LogP contribution in [0.3, 0.4) is 0 Å². The van der Waals surface area contributed by atoms with Crippen molar-refractivity contribution in [2.24, 2.45) is 0 Å². The number of hydrogen-bond acceptors (Lipinski definition) is 2. The number of aliphatic hydroxyl groups excluding tert-OH is 1. The number of hydrogen-bond donors (Lipinski definition) is 2. The van der Waals surface area contributed by atoms with Gasteiger partial charge in [-0.25, -0.2) is 0 Å². The molecule has 2 rings (SSSR count). The first-order valence-corrected chi connectivity index (χ1v) is 5.51. The van der Waals surface area contributed by atoms with Crippen LogP contribution in [0.15, 0.2) is 28.7 Å². The Hall–Kier alpha value is -1.13. The zero-order valence-corrected chi connectivity index (χ0v) is 9.66. The molecule has 0 unspecified atom stereocenters. The molecule has 0 aliphatic rings. The van der Waals surface area contributed by atoms with Gasteiger partial charge in [0.2, 0.25) is 0 Å². The number of H-pyrrole nitrogens is 1. The molecule has 0 saturated carbocycles. The molecule has 0 spiro atoms. The third kappa shape index (κ3) is 2.27. The van der Waals surface area contributed by atoms with Gasteiger partial charge in [0.25, 0.3) is 0 Å². The summed E-state index contributed by atoms with van der Waals surface area (Å²) in [6, 6.07) is 5.99. The van der Waals surface area contributed by atoms with Gasteiger partial charge in [-0.15, -0.1) is 0 Å². The summed E-state index contributed by atoms with van der Waals surface area (Å²) < 4.78 is 1.03. The van der Waals surface area contributed by atoms with E-state index in [0.717, 1.165) is 21.1 Å². The van der Waals surface area contributed by atoms with Crippen LogP contribution in [0.2, 0.25) is 0 Å². The minimum Gasteiger partial charge on any atom is -0.396 e. The Balaban J connectivity index is 2.36. The Morgan fingerprint density at radius 3 is 3.13 bits per heavy atom. The summed E-state index contributed by atoms with van der Waals surface area (Å²) in [4.78, 5) is 0. The molecule has 3 nitrogen and oxygen atoms in total. The second-order valence-corrected chi connectivity index (χ2v) is 4.13. The van der Waals surface area contributed by atoms with E-state index in [4.69, 9.17) is 5.11 Å². The maximum absolute atomic E-state index is 8.66. The lowest BCUT2D eigenvalue weighted by atomic mass is 10.2. The molecule has 0 bridgehead atoms. The molecular formula is C11H11BrN2O. The number of aromatic amines is 1. The van der Waals surface area contributed by atoms with E-state index in [1.54, 1.807) is 0 Å². The van der Waals surface area contributed by atoms with Gasteiger partial charge in [0, 0.05) is 16.5 Å².